The number of aryl methyl sites for hydroxylation is 2. The molecule has 0 aliphatic rings. The van der Waals surface area contributed by atoms with Gasteiger partial charge in [0, 0.05) is 0 Å². The third-order valence-corrected chi connectivity index (χ3v) is 2.68. The van der Waals surface area contributed by atoms with E-state index < -0.39 is 5.97 Å². The van der Waals surface area contributed by atoms with Crippen molar-refractivity contribution in [3.63, 3.8) is 0 Å². The number of hydrogen-bond donors (Lipinski definition) is 1. The molecule has 0 spiro atoms. The van der Waals surface area contributed by atoms with Gasteiger partial charge in [-0.15, -0.1) is 0 Å². The Kier molecular flexibility index (Phi) is 2.95. The summed E-state index contributed by atoms with van der Waals surface area (Å²) in [5.74, 6) is -0.958. The number of rotatable bonds is 3. The third-order valence-electron chi connectivity index (χ3n) is 2.68. The predicted molar refractivity (Wildman–Crippen MR) is 64.6 cm³/mol. The minimum absolute atomic E-state index is 0.205. The highest BCUT2D eigenvalue weighted by Gasteiger charge is 2.15. The molecule has 1 aromatic carbocycles. The van der Waals surface area contributed by atoms with Gasteiger partial charge in [-0.25, -0.2) is 9.48 Å². The summed E-state index contributed by atoms with van der Waals surface area (Å²) in [5.41, 5.74) is 2.80. The van der Waals surface area contributed by atoms with Crippen molar-refractivity contribution in [2.24, 2.45) is 0 Å². The van der Waals surface area contributed by atoms with Gasteiger partial charge in [0.25, 0.3) is 0 Å². The highest BCUT2D eigenvalue weighted by atomic mass is 16.4. The van der Waals surface area contributed by atoms with Gasteiger partial charge in [-0.05, 0) is 31.0 Å². The van der Waals surface area contributed by atoms with Crippen molar-refractivity contribution >= 4 is 5.97 Å². The molecule has 2 aromatic rings. The number of benzene rings is 1. The van der Waals surface area contributed by atoms with E-state index in [2.05, 4.69) is 5.10 Å². The Morgan fingerprint density at radius 2 is 2.12 bits per heavy atom. The summed E-state index contributed by atoms with van der Waals surface area (Å²) in [5, 5.41) is 13.5. The zero-order chi connectivity index (χ0) is 12.4. The molecule has 1 aromatic heterocycles. The topological polar surface area (TPSA) is 55.1 Å². The molecule has 0 radical (unpaired) electrons. The summed E-state index contributed by atoms with van der Waals surface area (Å²) in [6.45, 7) is 3.89. The summed E-state index contributed by atoms with van der Waals surface area (Å²) >= 11 is 0. The zero-order valence-corrected chi connectivity index (χ0v) is 9.84. The Balaban J connectivity index is 2.62. The van der Waals surface area contributed by atoms with Crippen LogP contribution >= 0.6 is 0 Å². The molecule has 0 fully saturated rings. The van der Waals surface area contributed by atoms with Crippen molar-refractivity contribution in [2.75, 3.05) is 0 Å². The first-order chi connectivity index (χ1) is 8.13. The number of para-hydroxylation sites is 1. The average molecular weight is 230 g/mol. The first-order valence-electron chi connectivity index (χ1n) is 5.51. The van der Waals surface area contributed by atoms with Gasteiger partial charge in [-0.1, -0.05) is 25.1 Å². The van der Waals surface area contributed by atoms with Crippen LogP contribution in [0, 0.1) is 6.92 Å². The lowest BCUT2D eigenvalue weighted by Crippen LogP contribution is -2.09. The number of carboxylic acids is 1. The fourth-order valence-electron chi connectivity index (χ4n) is 1.74. The molecule has 88 valence electrons. The number of aromatic carboxylic acids is 1. The fraction of sp³-hybridized carbons (Fsp3) is 0.231. The van der Waals surface area contributed by atoms with E-state index in [0.717, 1.165) is 23.4 Å². The summed E-state index contributed by atoms with van der Waals surface area (Å²) in [4.78, 5) is 11.2. The second kappa shape index (κ2) is 4.41. The third kappa shape index (κ3) is 2.06. The van der Waals surface area contributed by atoms with Gasteiger partial charge >= 0.3 is 5.97 Å². The SMILES string of the molecule is CCc1cc(C(=O)O)n(-c2ccccc2C)n1. The smallest absolute Gasteiger partial charge is 0.354 e. The van der Waals surface area contributed by atoms with Crippen molar-refractivity contribution in [1.82, 2.24) is 9.78 Å². The molecule has 0 aliphatic heterocycles. The fourth-order valence-corrected chi connectivity index (χ4v) is 1.74. The van der Waals surface area contributed by atoms with Crippen LogP contribution in [-0.4, -0.2) is 20.9 Å². The van der Waals surface area contributed by atoms with E-state index in [9.17, 15) is 4.79 Å². The van der Waals surface area contributed by atoms with Crippen LogP contribution in [0.4, 0.5) is 0 Å². The van der Waals surface area contributed by atoms with Crippen LogP contribution in [0.15, 0.2) is 30.3 Å². The lowest BCUT2D eigenvalue weighted by molar-refractivity contribution is 0.0687. The van der Waals surface area contributed by atoms with E-state index >= 15 is 0 Å². The average Bonchev–Trinajstić information content (AvgIpc) is 2.73. The van der Waals surface area contributed by atoms with Crippen LogP contribution in [0.25, 0.3) is 5.69 Å². The maximum atomic E-state index is 11.2. The second-order valence-corrected chi connectivity index (χ2v) is 3.88. The van der Waals surface area contributed by atoms with E-state index in [-0.39, 0.29) is 5.69 Å². The molecular weight excluding hydrogens is 216 g/mol. The highest BCUT2D eigenvalue weighted by Crippen LogP contribution is 2.16. The van der Waals surface area contributed by atoms with Gasteiger partial charge in [0.05, 0.1) is 11.4 Å². The van der Waals surface area contributed by atoms with Crippen LogP contribution in [0.1, 0.15) is 28.7 Å². The van der Waals surface area contributed by atoms with E-state index in [1.807, 2.05) is 38.1 Å². The second-order valence-electron chi connectivity index (χ2n) is 3.88. The Morgan fingerprint density at radius 3 is 2.71 bits per heavy atom. The van der Waals surface area contributed by atoms with E-state index in [1.165, 1.54) is 4.68 Å². The molecule has 4 nitrogen and oxygen atoms in total. The number of carboxylic acid groups (broad SMARTS) is 1. The van der Waals surface area contributed by atoms with Gasteiger partial charge in [0.1, 0.15) is 0 Å². The lowest BCUT2D eigenvalue weighted by atomic mass is 10.2. The first-order valence-corrected chi connectivity index (χ1v) is 5.51. The zero-order valence-electron chi connectivity index (χ0n) is 9.84. The Bertz CT molecular complexity index is 558. The van der Waals surface area contributed by atoms with Crippen LogP contribution in [0.5, 0.6) is 0 Å². The number of hydrogen-bond acceptors (Lipinski definition) is 2. The van der Waals surface area contributed by atoms with Crippen LogP contribution in [-0.2, 0) is 6.42 Å². The van der Waals surface area contributed by atoms with Crippen molar-refractivity contribution < 1.29 is 9.90 Å². The maximum absolute atomic E-state index is 11.2. The molecule has 2 rings (SSSR count). The molecule has 0 saturated carbocycles. The molecule has 0 bridgehead atoms. The molecule has 0 atom stereocenters. The molecule has 0 aliphatic carbocycles. The van der Waals surface area contributed by atoms with Gasteiger partial charge in [0.15, 0.2) is 5.69 Å². The summed E-state index contributed by atoms with van der Waals surface area (Å²) in [6, 6.07) is 9.22. The molecule has 4 heteroatoms. The van der Waals surface area contributed by atoms with Crippen LogP contribution in [0.3, 0.4) is 0 Å². The van der Waals surface area contributed by atoms with Crippen LogP contribution < -0.4 is 0 Å². The first kappa shape index (κ1) is 11.4. The summed E-state index contributed by atoms with van der Waals surface area (Å²) in [7, 11) is 0. The normalized spacial score (nSPS) is 10.5. The lowest BCUT2D eigenvalue weighted by Gasteiger charge is -2.07. The minimum atomic E-state index is -0.958. The van der Waals surface area contributed by atoms with E-state index in [1.54, 1.807) is 6.07 Å². The largest absolute Gasteiger partial charge is 0.477 e. The quantitative estimate of drug-likeness (QED) is 0.881. The van der Waals surface area contributed by atoms with Crippen molar-refractivity contribution in [3.05, 3.63) is 47.3 Å². The van der Waals surface area contributed by atoms with Crippen molar-refractivity contribution in [2.45, 2.75) is 20.3 Å². The Morgan fingerprint density at radius 1 is 1.41 bits per heavy atom. The molecule has 1 heterocycles. The molecule has 0 unspecified atom stereocenters. The van der Waals surface area contributed by atoms with Crippen molar-refractivity contribution in [3.8, 4) is 5.69 Å². The number of aromatic nitrogens is 2. The van der Waals surface area contributed by atoms with E-state index in [4.69, 9.17) is 5.11 Å². The number of carbonyl (C=O) groups is 1. The van der Waals surface area contributed by atoms with Gasteiger partial charge in [0.2, 0.25) is 0 Å². The minimum Gasteiger partial charge on any atom is -0.477 e. The molecule has 1 N–H and O–H groups in total. The van der Waals surface area contributed by atoms with Crippen molar-refractivity contribution in [1.29, 1.82) is 0 Å². The highest BCUT2D eigenvalue weighted by molar-refractivity contribution is 5.86. The monoisotopic (exact) mass is 230 g/mol. The van der Waals surface area contributed by atoms with Crippen LogP contribution in [0.2, 0.25) is 0 Å². The number of nitrogens with zero attached hydrogens (tertiary/aromatic N) is 2. The molecule has 0 saturated heterocycles. The van der Waals surface area contributed by atoms with Gasteiger partial charge in [-0.2, -0.15) is 5.10 Å². The predicted octanol–water partition coefficient (Wildman–Crippen LogP) is 2.44. The summed E-state index contributed by atoms with van der Waals surface area (Å²) in [6.07, 6.45) is 0.721. The standard InChI is InChI=1S/C13H14N2O2/c1-3-10-8-12(13(16)17)15(14-10)11-7-5-4-6-9(11)2/h4-8H,3H2,1-2H3,(H,16,17). The van der Waals surface area contributed by atoms with Gasteiger partial charge < -0.3 is 5.11 Å². The van der Waals surface area contributed by atoms with E-state index in [0.29, 0.717) is 0 Å². The van der Waals surface area contributed by atoms with Gasteiger partial charge in [-0.3, -0.25) is 0 Å². The molecule has 0 amide bonds. The molecule has 17 heavy (non-hydrogen) atoms. The Labute approximate surface area is 99.5 Å². The Hall–Kier alpha value is -2.10. The maximum Gasteiger partial charge on any atom is 0.354 e. The summed E-state index contributed by atoms with van der Waals surface area (Å²) < 4.78 is 1.50. The molecular formula is C13H14N2O2.